The lowest BCUT2D eigenvalue weighted by Gasteiger charge is -2.32. The van der Waals surface area contributed by atoms with Gasteiger partial charge in [-0.05, 0) is 18.9 Å². The highest BCUT2D eigenvalue weighted by atomic mass is 16.2. The minimum absolute atomic E-state index is 0.125. The first-order valence-corrected chi connectivity index (χ1v) is 8.34. The van der Waals surface area contributed by atoms with Gasteiger partial charge in [0, 0.05) is 13.0 Å². The number of benzene rings is 1. The van der Waals surface area contributed by atoms with Crippen molar-refractivity contribution in [3.05, 3.63) is 59.4 Å². The Bertz CT molecular complexity index is 857. The molecule has 3 heterocycles. The van der Waals surface area contributed by atoms with Gasteiger partial charge in [-0.2, -0.15) is 15.4 Å². The molecule has 8 nitrogen and oxygen atoms in total. The van der Waals surface area contributed by atoms with Crippen LogP contribution in [0.5, 0.6) is 0 Å². The van der Waals surface area contributed by atoms with Crippen LogP contribution in [0, 0.1) is 0 Å². The molecule has 0 aliphatic carbocycles. The summed E-state index contributed by atoms with van der Waals surface area (Å²) in [5, 5.41) is 18.7. The molecule has 0 fully saturated rings. The minimum Gasteiger partial charge on any atom is -0.328 e. The maximum Gasteiger partial charge on any atom is 0.276 e. The van der Waals surface area contributed by atoms with Gasteiger partial charge < -0.3 is 9.47 Å². The van der Waals surface area contributed by atoms with E-state index in [4.69, 9.17) is 0 Å². The van der Waals surface area contributed by atoms with Crippen molar-refractivity contribution in [1.82, 2.24) is 35.1 Å². The van der Waals surface area contributed by atoms with E-state index in [9.17, 15) is 4.79 Å². The Hall–Kier alpha value is -3.03. The largest absolute Gasteiger partial charge is 0.328 e. The van der Waals surface area contributed by atoms with Crippen LogP contribution in [0.4, 0.5) is 0 Å². The summed E-state index contributed by atoms with van der Waals surface area (Å²) in [5.74, 6) is 1.65. The van der Waals surface area contributed by atoms with E-state index in [0.29, 0.717) is 18.8 Å². The first-order chi connectivity index (χ1) is 12.2. The summed E-state index contributed by atoms with van der Waals surface area (Å²) in [6, 6.07) is 10.5. The lowest BCUT2D eigenvalue weighted by atomic mass is 10.1. The Balaban J connectivity index is 1.50. The molecule has 2 aromatic heterocycles. The van der Waals surface area contributed by atoms with Crippen LogP contribution in [-0.4, -0.2) is 47.5 Å². The minimum atomic E-state index is -0.138. The smallest absolute Gasteiger partial charge is 0.276 e. The summed E-state index contributed by atoms with van der Waals surface area (Å²) >= 11 is 0. The third-order valence-electron chi connectivity index (χ3n) is 4.50. The van der Waals surface area contributed by atoms with E-state index < -0.39 is 0 Å². The summed E-state index contributed by atoms with van der Waals surface area (Å²) in [6.45, 7) is 3.13. The number of aromatic nitrogens is 6. The van der Waals surface area contributed by atoms with Crippen molar-refractivity contribution in [3.8, 4) is 0 Å². The number of nitrogens with one attached hydrogen (secondary N) is 1. The van der Waals surface area contributed by atoms with Crippen molar-refractivity contribution in [1.29, 1.82) is 0 Å². The van der Waals surface area contributed by atoms with Gasteiger partial charge in [0.1, 0.15) is 5.82 Å². The maximum atomic E-state index is 12.5. The molecule has 1 aliphatic heterocycles. The van der Waals surface area contributed by atoms with Crippen LogP contribution < -0.4 is 0 Å². The SMILES string of the molecule is C[C@H]1CN(C(=O)c2cn[nH]n2)Cc2nnc(CCc3ccccc3)n21. The fourth-order valence-electron chi connectivity index (χ4n) is 3.31. The van der Waals surface area contributed by atoms with Crippen molar-refractivity contribution in [2.24, 2.45) is 0 Å². The normalized spacial score (nSPS) is 16.7. The maximum absolute atomic E-state index is 12.5. The van der Waals surface area contributed by atoms with Gasteiger partial charge in [-0.15, -0.1) is 10.2 Å². The first-order valence-electron chi connectivity index (χ1n) is 8.34. The molecule has 0 bridgehead atoms. The standard InChI is InChI=1S/C17H19N7O/c1-12-10-23(17(25)14-9-18-22-19-14)11-16-21-20-15(24(12)16)8-7-13-5-3-2-4-6-13/h2-6,9,12H,7-8,10-11H2,1H3,(H,18,19,22)/t12-/m0/s1. The third-order valence-corrected chi connectivity index (χ3v) is 4.50. The van der Waals surface area contributed by atoms with Crippen LogP contribution in [0.1, 0.15) is 40.7 Å². The van der Waals surface area contributed by atoms with Crippen LogP contribution >= 0.6 is 0 Å². The number of carbonyl (C=O) groups is 1. The quantitative estimate of drug-likeness (QED) is 0.777. The third kappa shape index (κ3) is 3.02. The number of amides is 1. The van der Waals surface area contributed by atoms with Crippen LogP contribution in [0.15, 0.2) is 36.5 Å². The second kappa shape index (κ2) is 6.46. The van der Waals surface area contributed by atoms with Crippen molar-refractivity contribution < 1.29 is 4.79 Å². The number of carbonyl (C=O) groups excluding carboxylic acids is 1. The van der Waals surface area contributed by atoms with Gasteiger partial charge in [-0.25, -0.2) is 0 Å². The lowest BCUT2D eigenvalue weighted by Crippen LogP contribution is -2.41. The second-order valence-corrected chi connectivity index (χ2v) is 6.28. The van der Waals surface area contributed by atoms with E-state index in [1.54, 1.807) is 4.90 Å². The van der Waals surface area contributed by atoms with Gasteiger partial charge in [0.05, 0.1) is 18.8 Å². The lowest BCUT2D eigenvalue weighted by molar-refractivity contribution is 0.0673. The summed E-state index contributed by atoms with van der Waals surface area (Å²) in [5.41, 5.74) is 1.61. The number of nitrogens with zero attached hydrogens (tertiary/aromatic N) is 6. The average Bonchev–Trinajstić information content (AvgIpc) is 3.30. The number of aromatic amines is 1. The van der Waals surface area contributed by atoms with Crippen molar-refractivity contribution in [2.75, 3.05) is 6.54 Å². The van der Waals surface area contributed by atoms with Crippen molar-refractivity contribution in [2.45, 2.75) is 32.4 Å². The molecule has 8 heteroatoms. The van der Waals surface area contributed by atoms with Gasteiger partial charge >= 0.3 is 0 Å². The van der Waals surface area contributed by atoms with Crippen LogP contribution in [-0.2, 0) is 19.4 Å². The summed E-state index contributed by atoms with van der Waals surface area (Å²) < 4.78 is 2.16. The Labute approximate surface area is 144 Å². The average molecular weight is 337 g/mol. The van der Waals surface area contributed by atoms with E-state index in [1.165, 1.54) is 11.8 Å². The summed E-state index contributed by atoms with van der Waals surface area (Å²) in [7, 11) is 0. The highest BCUT2D eigenvalue weighted by Gasteiger charge is 2.30. The fourth-order valence-corrected chi connectivity index (χ4v) is 3.31. The van der Waals surface area contributed by atoms with Crippen LogP contribution in [0.3, 0.4) is 0 Å². The number of hydrogen-bond donors (Lipinski definition) is 1. The fraction of sp³-hybridized carbons (Fsp3) is 0.353. The zero-order chi connectivity index (χ0) is 17.2. The monoisotopic (exact) mass is 337 g/mol. The molecule has 0 saturated carbocycles. The van der Waals surface area contributed by atoms with Crippen LogP contribution in [0.2, 0.25) is 0 Å². The Morgan fingerprint density at radius 1 is 1.24 bits per heavy atom. The molecule has 128 valence electrons. The number of hydrogen-bond acceptors (Lipinski definition) is 5. The van der Waals surface area contributed by atoms with Crippen molar-refractivity contribution in [3.63, 3.8) is 0 Å². The Kier molecular flexibility index (Phi) is 4.01. The van der Waals surface area contributed by atoms with Gasteiger partial charge in [-0.1, -0.05) is 30.3 Å². The van der Waals surface area contributed by atoms with Crippen LogP contribution in [0.25, 0.3) is 0 Å². The van der Waals surface area contributed by atoms with E-state index in [0.717, 1.165) is 24.5 Å². The highest BCUT2D eigenvalue weighted by molar-refractivity contribution is 5.91. The molecule has 0 unspecified atom stereocenters. The number of H-pyrrole nitrogens is 1. The summed E-state index contributed by atoms with van der Waals surface area (Å²) in [6.07, 6.45) is 3.20. The molecule has 0 radical (unpaired) electrons. The molecule has 1 aromatic carbocycles. The molecule has 0 saturated heterocycles. The molecular formula is C17H19N7O. The highest BCUT2D eigenvalue weighted by Crippen LogP contribution is 2.23. The van der Waals surface area contributed by atoms with Gasteiger partial charge in [0.2, 0.25) is 0 Å². The van der Waals surface area contributed by atoms with Gasteiger partial charge in [0.15, 0.2) is 11.5 Å². The van der Waals surface area contributed by atoms with E-state index >= 15 is 0 Å². The van der Waals surface area contributed by atoms with Gasteiger partial charge in [0.25, 0.3) is 5.91 Å². The Morgan fingerprint density at radius 2 is 2.08 bits per heavy atom. The zero-order valence-electron chi connectivity index (χ0n) is 14.0. The molecule has 1 N–H and O–H groups in total. The summed E-state index contributed by atoms with van der Waals surface area (Å²) in [4.78, 5) is 14.2. The molecule has 1 aliphatic rings. The molecular weight excluding hydrogens is 318 g/mol. The topological polar surface area (TPSA) is 92.6 Å². The predicted molar refractivity (Wildman–Crippen MR) is 89.7 cm³/mol. The molecule has 1 atom stereocenters. The van der Waals surface area contributed by atoms with E-state index in [-0.39, 0.29) is 11.9 Å². The van der Waals surface area contributed by atoms with E-state index in [1.807, 2.05) is 18.2 Å². The van der Waals surface area contributed by atoms with Crippen molar-refractivity contribution >= 4 is 5.91 Å². The zero-order valence-corrected chi connectivity index (χ0v) is 14.0. The molecule has 0 spiro atoms. The number of rotatable bonds is 4. The molecule has 3 aromatic rings. The Morgan fingerprint density at radius 3 is 2.84 bits per heavy atom. The molecule has 25 heavy (non-hydrogen) atoms. The first kappa shape index (κ1) is 15.5. The van der Waals surface area contributed by atoms with Gasteiger partial charge in [-0.3, -0.25) is 4.79 Å². The second-order valence-electron chi connectivity index (χ2n) is 6.28. The molecule has 1 amide bonds. The number of fused-ring (bicyclic) bond motifs is 1. The predicted octanol–water partition coefficient (Wildman–Crippen LogP) is 1.40. The number of aryl methyl sites for hydroxylation is 2. The van der Waals surface area contributed by atoms with E-state index in [2.05, 4.69) is 49.2 Å². The molecule has 4 rings (SSSR count).